The van der Waals surface area contributed by atoms with Crippen LogP contribution in [0.2, 0.25) is 0 Å². The molecule has 2 aromatic rings. The molecule has 0 aliphatic heterocycles. The summed E-state index contributed by atoms with van der Waals surface area (Å²) in [7, 11) is 1.59. The average molecular weight is 338 g/mol. The molecule has 2 aromatic carbocycles. The molecule has 0 aliphatic carbocycles. The fourth-order valence-corrected chi connectivity index (χ4v) is 2.15. The number of hydrogen-bond donors (Lipinski definition) is 1. The van der Waals surface area contributed by atoms with Gasteiger partial charge in [0.05, 0.1) is 30.3 Å². The van der Waals surface area contributed by atoms with Crippen molar-refractivity contribution in [1.82, 2.24) is 5.32 Å². The number of carbonyl (C=O) groups excluding carboxylic acids is 2. The summed E-state index contributed by atoms with van der Waals surface area (Å²) in [6.45, 7) is 1.46. The van der Waals surface area contributed by atoms with Crippen molar-refractivity contribution in [2.45, 2.75) is 13.0 Å². The van der Waals surface area contributed by atoms with Gasteiger partial charge >= 0.3 is 5.97 Å². The highest BCUT2D eigenvalue weighted by molar-refractivity contribution is 5.91. The zero-order valence-electron chi connectivity index (χ0n) is 14.0. The second-order valence-corrected chi connectivity index (χ2v) is 5.33. The van der Waals surface area contributed by atoms with E-state index in [1.54, 1.807) is 7.11 Å². The Morgan fingerprint density at radius 3 is 2.32 bits per heavy atom. The van der Waals surface area contributed by atoms with Gasteiger partial charge in [-0.2, -0.15) is 5.26 Å². The molecule has 2 rings (SSSR count). The summed E-state index contributed by atoms with van der Waals surface area (Å²) >= 11 is 0. The van der Waals surface area contributed by atoms with Gasteiger partial charge in [-0.3, -0.25) is 4.79 Å². The Bertz CT molecular complexity index is 777. The first-order valence-corrected chi connectivity index (χ1v) is 7.64. The van der Waals surface area contributed by atoms with Gasteiger partial charge < -0.3 is 14.8 Å². The molecule has 6 heteroatoms. The Morgan fingerprint density at radius 1 is 1.12 bits per heavy atom. The van der Waals surface area contributed by atoms with Crippen molar-refractivity contribution in [3.05, 3.63) is 65.2 Å². The van der Waals surface area contributed by atoms with Crippen LogP contribution in [0, 0.1) is 11.3 Å². The van der Waals surface area contributed by atoms with Crippen molar-refractivity contribution < 1.29 is 19.1 Å². The number of ether oxygens (including phenoxy) is 2. The summed E-state index contributed by atoms with van der Waals surface area (Å²) in [6, 6.07) is 15.1. The zero-order chi connectivity index (χ0) is 18.2. The molecule has 0 bridgehead atoms. The lowest BCUT2D eigenvalue weighted by Gasteiger charge is -2.15. The Kier molecular flexibility index (Phi) is 6.13. The van der Waals surface area contributed by atoms with Gasteiger partial charge in [0, 0.05) is 0 Å². The molecule has 0 unspecified atom stereocenters. The summed E-state index contributed by atoms with van der Waals surface area (Å²) in [5.74, 6) is -0.277. The zero-order valence-corrected chi connectivity index (χ0v) is 14.0. The third kappa shape index (κ3) is 5.08. The van der Waals surface area contributed by atoms with Crippen molar-refractivity contribution in [2.24, 2.45) is 0 Å². The number of methoxy groups -OCH3 is 1. The Labute approximate surface area is 146 Å². The molecular formula is C19H18N2O4. The second-order valence-electron chi connectivity index (χ2n) is 5.33. The van der Waals surface area contributed by atoms with Crippen LogP contribution < -0.4 is 10.1 Å². The maximum Gasteiger partial charge on any atom is 0.338 e. The third-order valence-electron chi connectivity index (χ3n) is 3.58. The van der Waals surface area contributed by atoms with Crippen molar-refractivity contribution in [1.29, 1.82) is 5.26 Å². The summed E-state index contributed by atoms with van der Waals surface area (Å²) in [6.07, 6.45) is 0. The molecular weight excluding hydrogens is 320 g/mol. The van der Waals surface area contributed by atoms with Gasteiger partial charge in [-0.05, 0) is 48.9 Å². The largest absolute Gasteiger partial charge is 0.497 e. The maximum absolute atomic E-state index is 11.9. The monoisotopic (exact) mass is 338 g/mol. The van der Waals surface area contributed by atoms with Crippen LogP contribution in [0.1, 0.15) is 34.5 Å². The van der Waals surface area contributed by atoms with E-state index in [9.17, 15) is 9.59 Å². The van der Waals surface area contributed by atoms with Crippen LogP contribution in [0.3, 0.4) is 0 Å². The minimum Gasteiger partial charge on any atom is -0.497 e. The van der Waals surface area contributed by atoms with Crippen molar-refractivity contribution in [3.8, 4) is 11.8 Å². The highest BCUT2D eigenvalue weighted by atomic mass is 16.5. The molecule has 0 saturated heterocycles. The molecule has 6 nitrogen and oxygen atoms in total. The number of hydrogen-bond acceptors (Lipinski definition) is 5. The fraction of sp³-hybridized carbons (Fsp3) is 0.211. The Morgan fingerprint density at radius 2 is 1.76 bits per heavy atom. The minimum atomic E-state index is -0.614. The number of amides is 1. The first-order valence-electron chi connectivity index (χ1n) is 7.64. The van der Waals surface area contributed by atoms with Gasteiger partial charge in [0.2, 0.25) is 0 Å². The average Bonchev–Trinajstić information content (AvgIpc) is 2.66. The first kappa shape index (κ1) is 18.0. The lowest BCUT2D eigenvalue weighted by molar-refractivity contribution is -0.124. The summed E-state index contributed by atoms with van der Waals surface area (Å²) in [5.41, 5.74) is 1.64. The Hall–Kier alpha value is -3.33. The van der Waals surface area contributed by atoms with Crippen LogP contribution in [-0.2, 0) is 9.53 Å². The summed E-state index contributed by atoms with van der Waals surface area (Å²) < 4.78 is 10.1. The lowest BCUT2D eigenvalue weighted by atomic mass is 10.1. The smallest absolute Gasteiger partial charge is 0.338 e. The number of nitriles is 1. The van der Waals surface area contributed by atoms with E-state index in [4.69, 9.17) is 14.7 Å². The van der Waals surface area contributed by atoms with E-state index in [1.807, 2.05) is 37.3 Å². The SMILES string of the molecule is COc1ccc([C@H](C)NC(=O)COC(=O)c2ccc(C#N)cc2)cc1. The molecule has 1 atom stereocenters. The molecule has 0 heterocycles. The van der Waals surface area contributed by atoms with Crippen LogP contribution in [0.4, 0.5) is 0 Å². The van der Waals surface area contributed by atoms with E-state index in [-0.39, 0.29) is 18.2 Å². The van der Waals surface area contributed by atoms with Crippen LogP contribution in [0.5, 0.6) is 5.75 Å². The number of benzene rings is 2. The normalized spacial score (nSPS) is 11.1. The highest BCUT2D eigenvalue weighted by Crippen LogP contribution is 2.17. The third-order valence-corrected chi connectivity index (χ3v) is 3.58. The molecule has 1 amide bonds. The van der Waals surface area contributed by atoms with Crippen LogP contribution in [0.25, 0.3) is 0 Å². The van der Waals surface area contributed by atoms with Crippen molar-refractivity contribution in [2.75, 3.05) is 13.7 Å². The van der Waals surface area contributed by atoms with E-state index >= 15 is 0 Å². The first-order chi connectivity index (χ1) is 12.0. The van der Waals surface area contributed by atoms with Crippen LogP contribution >= 0.6 is 0 Å². The fourth-order valence-electron chi connectivity index (χ4n) is 2.15. The van der Waals surface area contributed by atoms with Crippen molar-refractivity contribution in [3.63, 3.8) is 0 Å². The van der Waals surface area contributed by atoms with Crippen LogP contribution in [-0.4, -0.2) is 25.6 Å². The number of carbonyl (C=O) groups is 2. The van der Waals surface area contributed by atoms with Gasteiger partial charge in [0.15, 0.2) is 6.61 Å². The molecule has 0 aromatic heterocycles. The van der Waals surface area contributed by atoms with Gasteiger partial charge in [0.1, 0.15) is 5.75 Å². The number of rotatable bonds is 6. The predicted octanol–water partition coefficient (Wildman–Crippen LogP) is 2.60. The minimum absolute atomic E-state index is 0.230. The molecule has 0 saturated carbocycles. The molecule has 25 heavy (non-hydrogen) atoms. The van der Waals surface area contributed by atoms with E-state index < -0.39 is 11.9 Å². The second kappa shape index (κ2) is 8.50. The lowest BCUT2D eigenvalue weighted by Crippen LogP contribution is -2.31. The van der Waals surface area contributed by atoms with Gasteiger partial charge in [-0.25, -0.2) is 4.79 Å². The number of nitrogens with zero attached hydrogens (tertiary/aromatic N) is 1. The topological polar surface area (TPSA) is 88.4 Å². The summed E-state index contributed by atoms with van der Waals surface area (Å²) in [5, 5.41) is 11.5. The molecule has 0 fully saturated rings. The van der Waals surface area contributed by atoms with Gasteiger partial charge in [0.25, 0.3) is 5.91 Å². The molecule has 1 N–H and O–H groups in total. The van der Waals surface area contributed by atoms with E-state index in [1.165, 1.54) is 24.3 Å². The standard InChI is InChI=1S/C19H18N2O4/c1-13(15-7-9-17(24-2)10-8-15)21-18(22)12-25-19(23)16-5-3-14(11-20)4-6-16/h3-10,13H,12H2,1-2H3,(H,21,22)/t13-/m0/s1. The summed E-state index contributed by atoms with van der Waals surface area (Å²) in [4.78, 5) is 23.8. The van der Waals surface area contributed by atoms with E-state index in [2.05, 4.69) is 5.32 Å². The highest BCUT2D eigenvalue weighted by Gasteiger charge is 2.13. The van der Waals surface area contributed by atoms with Gasteiger partial charge in [-0.1, -0.05) is 12.1 Å². The number of nitrogens with one attached hydrogen (secondary N) is 1. The molecule has 128 valence electrons. The Balaban J connectivity index is 1.84. The quantitative estimate of drug-likeness (QED) is 0.818. The molecule has 0 spiro atoms. The molecule has 0 aliphatic rings. The van der Waals surface area contributed by atoms with Crippen molar-refractivity contribution >= 4 is 11.9 Å². The maximum atomic E-state index is 11.9. The van der Waals surface area contributed by atoms with E-state index in [0.717, 1.165) is 11.3 Å². The number of esters is 1. The molecule has 0 radical (unpaired) electrons. The van der Waals surface area contributed by atoms with Gasteiger partial charge in [-0.15, -0.1) is 0 Å². The predicted molar refractivity (Wildman–Crippen MR) is 91.0 cm³/mol. The van der Waals surface area contributed by atoms with Crippen LogP contribution in [0.15, 0.2) is 48.5 Å². The van der Waals surface area contributed by atoms with E-state index in [0.29, 0.717) is 5.56 Å².